The lowest BCUT2D eigenvalue weighted by Gasteiger charge is -2.32. The van der Waals surface area contributed by atoms with E-state index < -0.39 is 17.8 Å². The van der Waals surface area contributed by atoms with E-state index in [0.29, 0.717) is 0 Å². The number of halogens is 1. The maximum absolute atomic E-state index is 14.9. The summed E-state index contributed by atoms with van der Waals surface area (Å²) >= 11 is 0. The van der Waals surface area contributed by atoms with Crippen molar-refractivity contribution in [3.05, 3.63) is 95.7 Å². The maximum atomic E-state index is 14.9. The van der Waals surface area contributed by atoms with Gasteiger partial charge >= 0.3 is 0 Å². The van der Waals surface area contributed by atoms with Crippen LogP contribution in [0.15, 0.2) is 77.4 Å². The molecule has 1 N–H and O–H groups in total. The van der Waals surface area contributed by atoms with Crippen molar-refractivity contribution in [2.24, 2.45) is 0 Å². The molecule has 0 radical (unpaired) electrons. The van der Waals surface area contributed by atoms with Gasteiger partial charge in [-0.1, -0.05) is 61.4 Å². The highest BCUT2D eigenvalue weighted by atomic mass is 19.1. The van der Waals surface area contributed by atoms with Crippen molar-refractivity contribution in [3.63, 3.8) is 0 Å². The van der Waals surface area contributed by atoms with Crippen LogP contribution in [0.4, 0.5) is 4.39 Å². The number of benzene rings is 2. The molecule has 160 valence electrons. The van der Waals surface area contributed by atoms with Gasteiger partial charge in [-0.05, 0) is 36.6 Å². The number of carbonyl (C=O) groups is 2. The summed E-state index contributed by atoms with van der Waals surface area (Å²) in [6.07, 6.45) is 5.29. The van der Waals surface area contributed by atoms with Gasteiger partial charge in [0.05, 0.1) is 6.26 Å². The minimum Gasteiger partial charge on any atom is -0.459 e. The number of furan rings is 1. The first kappa shape index (κ1) is 20.8. The molecule has 1 fully saturated rings. The van der Waals surface area contributed by atoms with Crippen molar-refractivity contribution in [2.45, 2.75) is 44.3 Å². The maximum Gasteiger partial charge on any atom is 0.290 e. The Balaban J connectivity index is 1.75. The van der Waals surface area contributed by atoms with Crippen LogP contribution in [0.3, 0.4) is 0 Å². The highest BCUT2D eigenvalue weighted by Gasteiger charge is 2.36. The fraction of sp³-hybridized carbons (Fsp3) is 0.280. The first-order valence-electron chi connectivity index (χ1n) is 10.6. The molecule has 3 aromatic rings. The summed E-state index contributed by atoms with van der Waals surface area (Å²) in [7, 11) is 0. The van der Waals surface area contributed by atoms with Crippen LogP contribution in [0.5, 0.6) is 0 Å². The predicted octanol–water partition coefficient (Wildman–Crippen LogP) is 4.86. The van der Waals surface area contributed by atoms with Gasteiger partial charge in [-0.3, -0.25) is 9.59 Å². The molecule has 1 aliphatic rings. The first-order chi connectivity index (χ1) is 15.1. The monoisotopic (exact) mass is 420 g/mol. The smallest absolute Gasteiger partial charge is 0.290 e. The van der Waals surface area contributed by atoms with E-state index in [4.69, 9.17) is 4.42 Å². The molecule has 2 aromatic carbocycles. The predicted molar refractivity (Wildman–Crippen MR) is 115 cm³/mol. The van der Waals surface area contributed by atoms with E-state index in [2.05, 4.69) is 5.32 Å². The van der Waals surface area contributed by atoms with Crippen LogP contribution in [-0.4, -0.2) is 22.8 Å². The Kier molecular flexibility index (Phi) is 6.46. The van der Waals surface area contributed by atoms with Gasteiger partial charge in [0.2, 0.25) is 5.91 Å². The zero-order chi connectivity index (χ0) is 21.6. The molecule has 0 saturated heterocycles. The quantitative estimate of drug-likeness (QED) is 0.594. The minimum atomic E-state index is -1.13. The van der Waals surface area contributed by atoms with E-state index in [1.54, 1.807) is 30.3 Å². The van der Waals surface area contributed by atoms with Gasteiger partial charge in [-0.15, -0.1) is 0 Å². The molecule has 31 heavy (non-hydrogen) atoms. The average Bonchev–Trinajstić information content (AvgIpc) is 3.49. The van der Waals surface area contributed by atoms with Crippen molar-refractivity contribution in [2.75, 3.05) is 0 Å². The van der Waals surface area contributed by atoms with Crippen molar-refractivity contribution in [1.82, 2.24) is 10.2 Å². The van der Waals surface area contributed by atoms with Gasteiger partial charge in [0.1, 0.15) is 11.9 Å². The van der Waals surface area contributed by atoms with Crippen molar-refractivity contribution < 1.29 is 18.4 Å². The number of nitrogens with zero attached hydrogens (tertiary/aromatic N) is 1. The molecule has 0 aliphatic heterocycles. The highest BCUT2D eigenvalue weighted by Crippen LogP contribution is 2.29. The first-order valence-corrected chi connectivity index (χ1v) is 10.6. The Labute approximate surface area is 180 Å². The zero-order valence-electron chi connectivity index (χ0n) is 17.2. The summed E-state index contributed by atoms with van der Waals surface area (Å²) in [5.74, 6) is -1.28. The van der Waals surface area contributed by atoms with Gasteiger partial charge < -0.3 is 14.6 Å². The summed E-state index contributed by atoms with van der Waals surface area (Å²) in [5.41, 5.74) is 0.992. The normalized spacial score (nSPS) is 14.9. The fourth-order valence-electron chi connectivity index (χ4n) is 4.10. The van der Waals surface area contributed by atoms with Crippen LogP contribution in [-0.2, 0) is 11.3 Å². The van der Waals surface area contributed by atoms with E-state index in [1.807, 2.05) is 30.3 Å². The third-order valence-electron chi connectivity index (χ3n) is 5.65. The van der Waals surface area contributed by atoms with Crippen LogP contribution in [0.2, 0.25) is 0 Å². The molecule has 1 atom stereocenters. The molecular formula is C25H25FN2O3. The molecule has 4 rings (SSSR count). The molecule has 1 heterocycles. The van der Waals surface area contributed by atoms with Crippen molar-refractivity contribution >= 4 is 11.8 Å². The van der Waals surface area contributed by atoms with Crippen LogP contribution < -0.4 is 5.32 Å². The van der Waals surface area contributed by atoms with E-state index in [0.717, 1.165) is 31.2 Å². The summed E-state index contributed by atoms with van der Waals surface area (Å²) in [6.45, 7) is 0.136. The second-order valence-corrected chi connectivity index (χ2v) is 7.81. The van der Waals surface area contributed by atoms with Crippen molar-refractivity contribution in [3.8, 4) is 0 Å². The van der Waals surface area contributed by atoms with Crippen molar-refractivity contribution in [1.29, 1.82) is 0 Å². The Bertz CT molecular complexity index is 1010. The van der Waals surface area contributed by atoms with Gasteiger partial charge in [-0.2, -0.15) is 0 Å². The zero-order valence-corrected chi connectivity index (χ0v) is 17.2. The number of amides is 2. The van der Waals surface area contributed by atoms with E-state index in [-0.39, 0.29) is 29.8 Å². The average molecular weight is 420 g/mol. The standard InChI is InChI=1S/C25H25FN2O3/c26-21-14-7-6-13-20(21)23(24(29)27-19-11-4-5-12-19)28(17-18-9-2-1-3-10-18)25(30)22-15-8-16-31-22/h1-3,6-10,13-16,19,23H,4-5,11-12,17H2,(H,27,29)/t23-/m0/s1. The van der Waals surface area contributed by atoms with Gasteiger partial charge in [0, 0.05) is 18.2 Å². The molecule has 6 heteroatoms. The van der Waals surface area contributed by atoms with Crippen LogP contribution in [0, 0.1) is 5.82 Å². The lowest BCUT2D eigenvalue weighted by molar-refractivity contribution is -0.127. The second-order valence-electron chi connectivity index (χ2n) is 7.81. The molecule has 1 aliphatic carbocycles. The Morgan fingerprint density at radius 3 is 2.39 bits per heavy atom. The topological polar surface area (TPSA) is 62.6 Å². The fourth-order valence-corrected chi connectivity index (χ4v) is 4.10. The summed E-state index contributed by atoms with van der Waals surface area (Å²) in [6, 6.07) is 17.5. The lowest BCUT2D eigenvalue weighted by atomic mass is 10.0. The summed E-state index contributed by atoms with van der Waals surface area (Å²) in [4.78, 5) is 28.2. The largest absolute Gasteiger partial charge is 0.459 e. The number of carbonyl (C=O) groups excluding carboxylic acids is 2. The molecule has 5 nitrogen and oxygen atoms in total. The Morgan fingerprint density at radius 1 is 1.00 bits per heavy atom. The van der Waals surface area contributed by atoms with E-state index in [1.165, 1.54) is 17.2 Å². The molecule has 1 saturated carbocycles. The molecule has 0 bridgehead atoms. The van der Waals surface area contributed by atoms with Gasteiger partial charge in [0.25, 0.3) is 5.91 Å². The Hall–Kier alpha value is -3.41. The van der Waals surface area contributed by atoms with E-state index >= 15 is 0 Å². The molecule has 0 spiro atoms. The van der Waals surface area contributed by atoms with Crippen LogP contribution in [0.25, 0.3) is 0 Å². The third-order valence-corrected chi connectivity index (χ3v) is 5.65. The SMILES string of the molecule is O=C(NC1CCCC1)[C@H](c1ccccc1F)N(Cc1ccccc1)C(=O)c1ccco1. The summed E-state index contributed by atoms with van der Waals surface area (Å²) in [5, 5.41) is 3.04. The van der Waals surface area contributed by atoms with Crippen LogP contribution in [0.1, 0.15) is 53.4 Å². The Morgan fingerprint density at radius 2 is 1.71 bits per heavy atom. The third kappa shape index (κ3) is 4.85. The number of rotatable bonds is 7. The van der Waals surface area contributed by atoms with Gasteiger partial charge in [-0.25, -0.2) is 4.39 Å². The summed E-state index contributed by atoms with van der Waals surface area (Å²) < 4.78 is 20.2. The van der Waals surface area contributed by atoms with E-state index in [9.17, 15) is 14.0 Å². The highest BCUT2D eigenvalue weighted by molar-refractivity contribution is 5.96. The number of hydrogen-bond donors (Lipinski definition) is 1. The second kappa shape index (κ2) is 9.60. The lowest BCUT2D eigenvalue weighted by Crippen LogP contribution is -2.46. The molecule has 2 amide bonds. The number of nitrogens with one attached hydrogen (secondary N) is 1. The van der Waals surface area contributed by atoms with Crippen LogP contribution >= 0.6 is 0 Å². The molecule has 0 unspecified atom stereocenters. The molecular weight excluding hydrogens is 395 g/mol. The number of hydrogen-bond acceptors (Lipinski definition) is 3. The minimum absolute atomic E-state index is 0.0408. The van der Waals surface area contributed by atoms with Gasteiger partial charge in [0.15, 0.2) is 5.76 Å². The molecule has 1 aromatic heterocycles.